The van der Waals surface area contributed by atoms with E-state index in [-0.39, 0.29) is 24.4 Å². The highest BCUT2D eigenvalue weighted by molar-refractivity contribution is 7.98. The Morgan fingerprint density at radius 1 is 1.40 bits per heavy atom. The number of thioether (sulfide) groups is 1. The van der Waals surface area contributed by atoms with Crippen molar-refractivity contribution >= 4 is 30.1 Å². The number of carbonyl (C=O) groups is 1. The van der Waals surface area contributed by atoms with Crippen molar-refractivity contribution in [1.82, 2.24) is 10.2 Å². The van der Waals surface area contributed by atoms with Crippen LogP contribution >= 0.6 is 24.2 Å². The van der Waals surface area contributed by atoms with E-state index >= 15 is 0 Å². The van der Waals surface area contributed by atoms with Gasteiger partial charge in [-0.3, -0.25) is 4.79 Å². The Bertz CT molecular complexity index is 434. The van der Waals surface area contributed by atoms with E-state index in [1.54, 1.807) is 11.8 Å². The average molecular weight is 315 g/mol. The van der Waals surface area contributed by atoms with E-state index in [1.807, 2.05) is 18.9 Å². The van der Waals surface area contributed by atoms with Crippen LogP contribution in [0.4, 0.5) is 0 Å². The lowest BCUT2D eigenvalue weighted by Gasteiger charge is -2.25. The topological polar surface area (TPSA) is 32.3 Å². The summed E-state index contributed by atoms with van der Waals surface area (Å²) in [5, 5.41) is 3.04. The first-order valence-corrected chi connectivity index (χ1v) is 7.99. The summed E-state index contributed by atoms with van der Waals surface area (Å²) in [4.78, 5) is 15.6. The maximum atomic E-state index is 12.3. The van der Waals surface area contributed by atoms with Crippen molar-refractivity contribution in [1.29, 1.82) is 0 Å². The monoisotopic (exact) mass is 314 g/mol. The van der Waals surface area contributed by atoms with Crippen LogP contribution in [-0.2, 0) is 11.3 Å². The smallest absolute Gasteiger partial charge is 0.239 e. The van der Waals surface area contributed by atoms with Crippen LogP contribution in [0.1, 0.15) is 25.3 Å². The number of nitrogens with one attached hydrogen (secondary N) is 1. The summed E-state index contributed by atoms with van der Waals surface area (Å²) in [6.07, 6.45) is 4.36. The van der Waals surface area contributed by atoms with Crippen molar-refractivity contribution in [2.45, 2.75) is 43.3 Å². The van der Waals surface area contributed by atoms with Crippen molar-refractivity contribution in [2.75, 3.05) is 13.3 Å². The largest absolute Gasteiger partial charge is 0.334 e. The van der Waals surface area contributed by atoms with Crippen LogP contribution in [0, 0.1) is 0 Å². The second-order valence-corrected chi connectivity index (χ2v) is 5.94. The van der Waals surface area contributed by atoms with E-state index in [1.165, 1.54) is 10.5 Å². The fraction of sp³-hybridized carbons (Fsp3) is 0.533. The number of likely N-dealkylation sites (N-methyl/N-ethyl adjacent to an activating group) is 1. The lowest BCUT2D eigenvalue weighted by atomic mass is 10.2. The third kappa shape index (κ3) is 4.40. The first kappa shape index (κ1) is 17.3. The third-order valence-electron chi connectivity index (χ3n) is 3.59. The van der Waals surface area contributed by atoms with E-state index < -0.39 is 0 Å². The van der Waals surface area contributed by atoms with Gasteiger partial charge < -0.3 is 10.2 Å². The second-order valence-electron chi connectivity index (χ2n) is 5.06. The predicted octanol–water partition coefficient (Wildman–Crippen LogP) is 2.93. The molecule has 2 rings (SSSR count). The van der Waals surface area contributed by atoms with E-state index in [9.17, 15) is 4.79 Å². The van der Waals surface area contributed by atoms with Gasteiger partial charge in [-0.25, -0.2) is 0 Å². The zero-order valence-electron chi connectivity index (χ0n) is 12.3. The molecule has 3 nitrogen and oxygen atoms in total. The number of rotatable bonds is 6. The van der Waals surface area contributed by atoms with Crippen LogP contribution in [0.15, 0.2) is 29.2 Å². The van der Waals surface area contributed by atoms with Crippen LogP contribution in [0.5, 0.6) is 0 Å². The van der Waals surface area contributed by atoms with Crippen LogP contribution in [0.2, 0.25) is 0 Å². The van der Waals surface area contributed by atoms with Crippen molar-refractivity contribution in [3.05, 3.63) is 29.8 Å². The molecule has 112 valence electrons. The number of benzene rings is 1. The molecule has 0 radical (unpaired) electrons. The average Bonchev–Trinajstić information content (AvgIpc) is 3.28. The zero-order chi connectivity index (χ0) is 13.8. The summed E-state index contributed by atoms with van der Waals surface area (Å²) in [6, 6.07) is 8.83. The summed E-state index contributed by atoms with van der Waals surface area (Å²) >= 11 is 1.74. The molecular formula is C15H23ClN2OS. The Morgan fingerprint density at radius 3 is 2.45 bits per heavy atom. The SMILES string of the molecule is CN[C@@H](C)C(=O)N(Cc1ccc(SC)cc1)C1CC1.Cl. The van der Waals surface area contributed by atoms with Gasteiger partial charge in [0.2, 0.25) is 5.91 Å². The van der Waals surface area contributed by atoms with Gasteiger partial charge in [-0.1, -0.05) is 12.1 Å². The number of nitrogens with zero attached hydrogens (tertiary/aromatic N) is 1. The quantitative estimate of drug-likeness (QED) is 0.819. The molecule has 0 spiro atoms. The van der Waals surface area contributed by atoms with Gasteiger partial charge in [0.1, 0.15) is 0 Å². The molecule has 0 aromatic heterocycles. The molecule has 0 unspecified atom stereocenters. The maximum absolute atomic E-state index is 12.3. The Balaban J connectivity index is 0.00000200. The highest BCUT2D eigenvalue weighted by Gasteiger charge is 2.34. The molecule has 0 heterocycles. The minimum atomic E-state index is -0.105. The molecule has 1 fully saturated rings. The van der Waals surface area contributed by atoms with Crippen LogP contribution in [-0.4, -0.2) is 36.2 Å². The molecule has 20 heavy (non-hydrogen) atoms. The minimum absolute atomic E-state index is 0. The first-order valence-electron chi connectivity index (χ1n) is 6.76. The van der Waals surface area contributed by atoms with Gasteiger partial charge in [0.25, 0.3) is 0 Å². The highest BCUT2D eigenvalue weighted by atomic mass is 35.5. The highest BCUT2D eigenvalue weighted by Crippen LogP contribution is 2.29. The van der Waals surface area contributed by atoms with Gasteiger partial charge in [0, 0.05) is 17.5 Å². The van der Waals surface area contributed by atoms with E-state index in [2.05, 4.69) is 35.8 Å². The van der Waals surface area contributed by atoms with Crippen molar-refractivity contribution < 1.29 is 4.79 Å². The maximum Gasteiger partial charge on any atom is 0.239 e. The standard InChI is InChI=1S/C15H22N2OS.ClH/c1-11(16-2)15(18)17(13-6-7-13)10-12-4-8-14(19-3)9-5-12;/h4-5,8-9,11,13,16H,6-7,10H2,1-3H3;1H/t11-;/m0./s1. The summed E-state index contributed by atoms with van der Waals surface area (Å²) < 4.78 is 0. The second kappa shape index (κ2) is 7.91. The van der Waals surface area contributed by atoms with Crippen molar-refractivity contribution in [3.8, 4) is 0 Å². The fourth-order valence-corrected chi connectivity index (χ4v) is 2.48. The number of carbonyl (C=O) groups excluding carboxylic acids is 1. The van der Waals surface area contributed by atoms with Gasteiger partial charge in [-0.15, -0.1) is 24.2 Å². The summed E-state index contributed by atoms with van der Waals surface area (Å²) in [7, 11) is 1.83. The van der Waals surface area contributed by atoms with E-state index in [4.69, 9.17) is 0 Å². The van der Waals surface area contributed by atoms with Gasteiger partial charge in [-0.05, 0) is 50.8 Å². The van der Waals surface area contributed by atoms with Gasteiger partial charge in [-0.2, -0.15) is 0 Å². The Hall–Kier alpha value is -0.710. The Kier molecular flexibility index (Phi) is 6.86. The predicted molar refractivity (Wildman–Crippen MR) is 87.6 cm³/mol. The summed E-state index contributed by atoms with van der Waals surface area (Å²) in [5.41, 5.74) is 1.21. The first-order chi connectivity index (χ1) is 9.15. The molecule has 0 bridgehead atoms. The minimum Gasteiger partial charge on any atom is -0.334 e. The zero-order valence-corrected chi connectivity index (χ0v) is 13.9. The normalized spacial score (nSPS) is 15.3. The molecule has 1 aliphatic carbocycles. The molecule has 1 aliphatic rings. The molecule has 0 saturated heterocycles. The molecule has 1 aromatic carbocycles. The van der Waals surface area contributed by atoms with E-state index in [0.29, 0.717) is 6.04 Å². The molecule has 1 amide bonds. The van der Waals surface area contributed by atoms with Crippen LogP contribution in [0.3, 0.4) is 0 Å². The van der Waals surface area contributed by atoms with Crippen molar-refractivity contribution in [2.24, 2.45) is 0 Å². The number of hydrogen-bond donors (Lipinski definition) is 1. The van der Waals surface area contributed by atoms with Gasteiger partial charge >= 0.3 is 0 Å². The van der Waals surface area contributed by atoms with Crippen LogP contribution in [0.25, 0.3) is 0 Å². The Morgan fingerprint density at radius 2 is 2.00 bits per heavy atom. The van der Waals surface area contributed by atoms with Crippen molar-refractivity contribution in [3.63, 3.8) is 0 Å². The number of halogens is 1. The van der Waals surface area contributed by atoms with Gasteiger partial charge in [0.05, 0.1) is 6.04 Å². The molecule has 0 aliphatic heterocycles. The van der Waals surface area contributed by atoms with Crippen LogP contribution < -0.4 is 5.32 Å². The molecule has 1 saturated carbocycles. The molecular weight excluding hydrogens is 292 g/mol. The lowest BCUT2D eigenvalue weighted by Crippen LogP contribution is -2.44. The lowest BCUT2D eigenvalue weighted by molar-refractivity contribution is -0.134. The van der Waals surface area contributed by atoms with Gasteiger partial charge in [0.15, 0.2) is 0 Å². The number of hydrogen-bond acceptors (Lipinski definition) is 3. The molecule has 1 N–H and O–H groups in total. The fourth-order valence-electron chi connectivity index (χ4n) is 2.07. The molecule has 1 aromatic rings. The molecule has 1 atom stereocenters. The molecule has 5 heteroatoms. The number of amides is 1. The third-order valence-corrected chi connectivity index (χ3v) is 4.33. The Labute approximate surface area is 131 Å². The van der Waals surface area contributed by atoms with E-state index in [0.717, 1.165) is 19.4 Å². The summed E-state index contributed by atoms with van der Waals surface area (Å²) in [5.74, 6) is 0.207. The summed E-state index contributed by atoms with van der Waals surface area (Å²) in [6.45, 7) is 2.65.